The summed E-state index contributed by atoms with van der Waals surface area (Å²) in [6.45, 7) is 2.19. The van der Waals surface area contributed by atoms with E-state index in [1.807, 2.05) is 25.1 Å². The first-order valence-corrected chi connectivity index (χ1v) is 10.1. The number of hydrogen-bond acceptors (Lipinski definition) is 3. The minimum absolute atomic E-state index is 0.147. The second kappa shape index (κ2) is 6.69. The zero-order valence-corrected chi connectivity index (χ0v) is 15.6. The first kappa shape index (κ1) is 17.8. The number of anilines is 1. The molecule has 2 aromatic rings. The van der Waals surface area contributed by atoms with Crippen LogP contribution in [0.25, 0.3) is 0 Å². The first-order chi connectivity index (χ1) is 11.8. The van der Waals surface area contributed by atoms with Gasteiger partial charge in [0.15, 0.2) is 0 Å². The molecular weight excluding hydrogens is 360 g/mol. The van der Waals surface area contributed by atoms with Gasteiger partial charge in [0.05, 0.1) is 11.9 Å². The van der Waals surface area contributed by atoms with Gasteiger partial charge in [0.1, 0.15) is 0 Å². The predicted octanol–water partition coefficient (Wildman–Crippen LogP) is 2.98. The molecule has 7 heteroatoms. The van der Waals surface area contributed by atoms with Gasteiger partial charge in [-0.3, -0.25) is 9.10 Å². The maximum Gasteiger partial charge on any atom is 0.251 e. The number of benzene rings is 2. The van der Waals surface area contributed by atoms with E-state index in [1.165, 1.54) is 10.6 Å². The molecule has 0 radical (unpaired) electrons. The zero-order valence-electron chi connectivity index (χ0n) is 14.0. The molecule has 1 amide bonds. The van der Waals surface area contributed by atoms with Crippen LogP contribution in [-0.4, -0.2) is 26.6 Å². The van der Waals surface area contributed by atoms with Gasteiger partial charge in [-0.05, 0) is 48.7 Å². The van der Waals surface area contributed by atoms with E-state index in [-0.39, 0.29) is 11.9 Å². The average molecular weight is 379 g/mol. The maximum atomic E-state index is 12.4. The molecule has 1 atom stereocenters. The molecule has 0 saturated carbocycles. The number of nitrogens with zero attached hydrogens (tertiary/aromatic N) is 1. The Morgan fingerprint density at radius 3 is 2.68 bits per heavy atom. The summed E-state index contributed by atoms with van der Waals surface area (Å²) in [4.78, 5) is 12.4. The van der Waals surface area contributed by atoms with Gasteiger partial charge in [-0.25, -0.2) is 8.42 Å². The number of halogens is 1. The van der Waals surface area contributed by atoms with Gasteiger partial charge in [-0.2, -0.15) is 0 Å². The molecule has 0 saturated heterocycles. The summed E-state index contributed by atoms with van der Waals surface area (Å²) >= 11 is 6.09. The van der Waals surface area contributed by atoms with Crippen molar-refractivity contribution in [2.24, 2.45) is 0 Å². The predicted molar refractivity (Wildman–Crippen MR) is 99.6 cm³/mol. The zero-order chi connectivity index (χ0) is 18.2. The number of nitrogens with one attached hydrogen (secondary N) is 1. The van der Waals surface area contributed by atoms with Crippen LogP contribution in [0.4, 0.5) is 5.69 Å². The molecule has 1 aliphatic rings. The van der Waals surface area contributed by atoms with Crippen molar-refractivity contribution < 1.29 is 13.2 Å². The van der Waals surface area contributed by atoms with E-state index >= 15 is 0 Å². The summed E-state index contributed by atoms with van der Waals surface area (Å²) in [5.41, 5.74) is 2.87. The monoisotopic (exact) mass is 378 g/mol. The Kier molecular flexibility index (Phi) is 4.75. The fourth-order valence-electron chi connectivity index (χ4n) is 3.17. The Bertz CT molecular complexity index is 928. The fraction of sp³-hybridized carbons (Fsp3) is 0.278. The summed E-state index contributed by atoms with van der Waals surface area (Å²) in [5, 5.41) is 3.45. The molecule has 0 fully saturated rings. The van der Waals surface area contributed by atoms with Gasteiger partial charge in [0.2, 0.25) is 10.0 Å². The topological polar surface area (TPSA) is 66.5 Å². The lowest BCUT2D eigenvalue weighted by Gasteiger charge is -2.21. The lowest BCUT2D eigenvalue weighted by atomic mass is 10.1. The van der Waals surface area contributed by atoms with E-state index in [0.717, 1.165) is 11.1 Å². The molecule has 0 unspecified atom stereocenters. The molecule has 1 heterocycles. The largest absolute Gasteiger partial charge is 0.348 e. The Hall–Kier alpha value is -2.05. The van der Waals surface area contributed by atoms with Crippen LogP contribution in [0.15, 0.2) is 42.5 Å². The molecule has 0 aromatic heterocycles. The highest BCUT2D eigenvalue weighted by Gasteiger charge is 2.32. The van der Waals surface area contributed by atoms with Crippen LogP contribution in [0, 0.1) is 0 Å². The number of hydrogen-bond donors (Lipinski definition) is 1. The molecule has 0 bridgehead atoms. The molecule has 1 aliphatic heterocycles. The number of rotatable bonds is 4. The van der Waals surface area contributed by atoms with Gasteiger partial charge in [-0.1, -0.05) is 29.8 Å². The first-order valence-electron chi connectivity index (χ1n) is 7.91. The van der Waals surface area contributed by atoms with Crippen molar-refractivity contribution in [2.75, 3.05) is 10.6 Å². The van der Waals surface area contributed by atoms with E-state index in [2.05, 4.69) is 5.32 Å². The molecule has 132 valence electrons. The quantitative estimate of drug-likeness (QED) is 0.889. The highest BCUT2D eigenvalue weighted by Crippen LogP contribution is 2.34. The Morgan fingerprint density at radius 2 is 2.00 bits per heavy atom. The SMILES string of the molecule is C[C@H]1Cc2cc(C(=O)NCc3ccccc3Cl)ccc2N1S(C)(=O)=O. The standard InChI is InChI=1S/C18H19ClN2O3S/c1-12-9-15-10-13(7-8-17(15)21(12)25(2,23)24)18(22)20-11-14-5-3-4-6-16(14)19/h3-8,10,12H,9,11H2,1-2H3,(H,20,22)/t12-/m0/s1. The molecular formula is C18H19ClN2O3S. The normalized spacial score (nSPS) is 16.6. The molecule has 5 nitrogen and oxygen atoms in total. The Morgan fingerprint density at radius 1 is 1.28 bits per heavy atom. The highest BCUT2D eigenvalue weighted by atomic mass is 35.5. The Balaban J connectivity index is 1.78. The minimum atomic E-state index is -3.33. The van der Waals surface area contributed by atoms with Crippen molar-refractivity contribution in [1.29, 1.82) is 0 Å². The fourth-order valence-corrected chi connectivity index (χ4v) is 4.63. The van der Waals surface area contributed by atoms with Crippen LogP contribution in [0.2, 0.25) is 5.02 Å². The van der Waals surface area contributed by atoms with Gasteiger partial charge in [0, 0.05) is 23.2 Å². The second-order valence-corrected chi connectivity index (χ2v) is 8.50. The summed E-state index contributed by atoms with van der Waals surface area (Å²) < 4.78 is 25.3. The number of sulfonamides is 1. The number of fused-ring (bicyclic) bond motifs is 1. The van der Waals surface area contributed by atoms with Crippen LogP contribution in [0.1, 0.15) is 28.4 Å². The lowest BCUT2D eigenvalue weighted by molar-refractivity contribution is 0.0951. The van der Waals surface area contributed by atoms with Crippen molar-refractivity contribution in [3.8, 4) is 0 Å². The number of carbonyl (C=O) groups excluding carboxylic acids is 1. The Labute approximate surface area is 152 Å². The smallest absolute Gasteiger partial charge is 0.251 e. The van der Waals surface area contributed by atoms with E-state index in [1.54, 1.807) is 24.3 Å². The summed E-state index contributed by atoms with van der Waals surface area (Å²) in [7, 11) is -3.33. The van der Waals surface area contributed by atoms with Gasteiger partial charge >= 0.3 is 0 Å². The third-order valence-corrected chi connectivity index (χ3v) is 5.89. The molecule has 0 aliphatic carbocycles. The third-order valence-electron chi connectivity index (χ3n) is 4.25. The number of carbonyl (C=O) groups is 1. The van der Waals surface area contributed by atoms with Crippen molar-refractivity contribution in [3.63, 3.8) is 0 Å². The summed E-state index contributed by atoms with van der Waals surface area (Å²) in [6.07, 6.45) is 1.79. The van der Waals surface area contributed by atoms with Gasteiger partial charge in [-0.15, -0.1) is 0 Å². The van der Waals surface area contributed by atoms with E-state index in [0.29, 0.717) is 29.2 Å². The van der Waals surface area contributed by atoms with Gasteiger partial charge in [0.25, 0.3) is 5.91 Å². The van der Waals surface area contributed by atoms with Crippen LogP contribution in [-0.2, 0) is 23.0 Å². The molecule has 1 N–H and O–H groups in total. The maximum absolute atomic E-state index is 12.4. The van der Waals surface area contributed by atoms with Crippen molar-refractivity contribution >= 4 is 33.2 Å². The second-order valence-electron chi connectivity index (χ2n) is 6.23. The highest BCUT2D eigenvalue weighted by molar-refractivity contribution is 7.92. The van der Waals surface area contributed by atoms with Crippen LogP contribution in [0.3, 0.4) is 0 Å². The summed E-state index contributed by atoms with van der Waals surface area (Å²) in [6, 6.07) is 12.3. The molecule has 25 heavy (non-hydrogen) atoms. The van der Waals surface area contributed by atoms with Crippen LogP contribution < -0.4 is 9.62 Å². The minimum Gasteiger partial charge on any atom is -0.348 e. The molecule has 0 spiro atoms. The van der Waals surface area contributed by atoms with Crippen molar-refractivity contribution in [3.05, 3.63) is 64.2 Å². The van der Waals surface area contributed by atoms with E-state index in [4.69, 9.17) is 11.6 Å². The molecule has 3 rings (SSSR count). The van der Waals surface area contributed by atoms with Crippen LogP contribution in [0.5, 0.6) is 0 Å². The third kappa shape index (κ3) is 3.65. The van der Waals surface area contributed by atoms with Crippen molar-refractivity contribution in [2.45, 2.75) is 25.9 Å². The molecule has 2 aromatic carbocycles. The van der Waals surface area contributed by atoms with Gasteiger partial charge < -0.3 is 5.32 Å². The lowest BCUT2D eigenvalue weighted by Crippen LogP contribution is -2.34. The van der Waals surface area contributed by atoms with E-state index < -0.39 is 10.0 Å². The summed E-state index contributed by atoms with van der Waals surface area (Å²) in [5.74, 6) is -0.215. The van der Waals surface area contributed by atoms with Crippen molar-refractivity contribution in [1.82, 2.24) is 5.32 Å². The van der Waals surface area contributed by atoms with E-state index in [9.17, 15) is 13.2 Å². The average Bonchev–Trinajstić information content (AvgIpc) is 2.88. The number of amides is 1. The van der Waals surface area contributed by atoms with Crippen LogP contribution >= 0.6 is 11.6 Å².